The van der Waals surface area contributed by atoms with Gasteiger partial charge in [0.05, 0.1) is 17.9 Å². The fourth-order valence-corrected chi connectivity index (χ4v) is 2.27. The summed E-state index contributed by atoms with van der Waals surface area (Å²) in [5.74, 6) is 0.638. The van der Waals surface area contributed by atoms with Crippen molar-refractivity contribution in [3.63, 3.8) is 0 Å². The number of piperidine rings is 1. The van der Waals surface area contributed by atoms with E-state index in [1.165, 1.54) is 6.26 Å². The van der Waals surface area contributed by atoms with Gasteiger partial charge in [0.25, 0.3) is 5.91 Å². The summed E-state index contributed by atoms with van der Waals surface area (Å²) in [4.78, 5) is 14.0. The molecule has 1 aliphatic heterocycles. The highest BCUT2D eigenvalue weighted by Gasteiger charge is 2.29. The molecule has 4 heteroatoms. The monoisotopic (exact) mass is 232 g/mol. The summed E-state index contributed by atoms with van der Waals surface area (Å²) in [7, 11) is 0. The molecule has 0 saturated carbocycles. The Bertz CT molecular complexity index is 445. The third kappa shape index (κ3) is 2.19. The molecule has 90 valence electrons. The zero-order valence-corrected chi connectivity index (χ0v) is 9.98. The van der Waals surface area contributed by atoms with Gasteiger partial charge in [0.1, 0.15) is 11.8 Å². The Morgan fingerprint density at radius 2 is 2.47 bits per heavy atom. The van der Waals surface area contributed by atoms with Crippen LogP contribution in [0.4, 0.5) is 0 Å². The Morgan fingerprint density at radius 3 is 3.18 bits per heavy atom. The van der Waals surface area contributed by atoms with E-state index in [0.29, 0.717) is 24.3 Å². The topological polar surface area (TPSA) is 57.2 Å². The molecule has 1 aromatic heterocycles. The number of carbonyl (C=O) groups excluding carboxylic acids is 1. The van der Waals surface area contributed by atoms with Crippen molar-refractivity contribution in [2.45, 2.75) is 38.6 Å². The van der Waals surface area contributed by atoms with E-state index < -0.39 is 0 Å². The maximum absolute atomic E-state index is 12.3. The number of nitriles is 1. The van der Waals surface area contributed by atoms with Gasteiger partial charge in [0.15, 0.2) is 0 Å². The molecule has 0 bridgehead atoms. The van der Waals surface area contributed by atoms with Crippen LogP contribution in [0.5, 0.6) is 0 Å². The van der Waals surface area contributed by atoms with Crippen molar-refractivity contribution < 1.29 is 9.21 Å². The van der Waals surface area contributed by atoms with Crippen LogP contribution >= 0.6 is 0 Å². The predicted molar refractivity (Wildman–Crippen MR) is 62.4 cm³/mol. The highest BCUT2D eigenvalue weighted by atomic mass is 16.3. The molecular weight excluding hydrogens is 216 g/mol. The molecule has 1 aliphatic rings. The zero-order chi connectivity index (χ0) is 12.3. The van der Waals surface area contributed by atoms with E-state index in [-0.39, 0.29) is 11.9 Å². The quantitative estimate of drug-likeness (QED) is 0.786. The van der Waals surface area contributed by atoms with Gasteiger partial charge in [-0.15, -0.1) is 0 Å². The van der Waals surface area contributed by atoms with Crippen molar-refractivity contribution in [2.24, 2.45) is 0 Å². The van der Waals surface area contributed by atoms with E-state index in [9.17, 15) is 4.79 Å². The van der Waals surface area contributed by atoms with Gasteiger partial charge in [-0.05, 0) is 25.3 Å². The molecule has 0 aliphatic carbocycles. The smallest absolute Gasteiger partial charge is 0.258 e. The Kier molecular flexibility index (Phi) is 3.48. The van der Waals surface area contributed by atoms with Crippen LogP contribution in [0.15, 0.2) is 16.7 Å². The molecule has 4 nitrogen and oxygen atoms in total. The molecule has 2 heterocycles. The average molecular weight is 232 g/mol. The van der Waals surface area contributed by atoms with Crippen molar-refractivity contribution in [1.29, 1.82) is 5.26 Å². The summed E-state index contributed by atoms with van der Waals surface area (Å²) in [6, 6.07) is 3.63. The van der Waals surface area contributed by atoms with Gasteiger partial charge in [-0.2, -0.15) is 5.26 Å². The van der Waals surface area contributed by atoms with Crippen LogP contribution in [-0.2, 0) is 6.42 Å². The molecule has 2 rings (SSSR count). The van der Waals surface area contributed by atoms with E-state index in [1.54, 1.807) is 11.0 Å². The number of nitrogens with zero attached hydrogens (tertiary/aromatic N) is 2. The van der Waals surface area contributed by atoms with Crippen LogP contribution in [0, 0.1) is 11.3 Å². The Balaban J connectivity index is 2.22. The lowest BCUT2D eigenvalue weighted by Crippen LogP contribution is -2.43. The van der Waals surface area contributed by atoms with Gasteiger partial charge in [0, 0.05) is 13.0 Å². The Labute approximate surface area is 101 Å². The van der Waals surface area contributed by atoms with Gasteiger partial charge >= 0.3 is 0 Å². The molecule has 0 spiro atoms. The van der Waals surface area contributed by atoms with Crippen LogP contribution < -0.4 is 0 Å². The summed E-state index contributed by atoms with van der Waals surface area (Å²) in [5, 5.41) is 9.07. The molecule has 17 heavy (non-hydrogen) atoms. The molecular formula is C13H16N2O2. The van der Waals surface area contributed by atoms with Crippen LogP contribution in [0.2, 0.25) is 0 Å². The second-order valence-electron chi connectivity index (χ2n) is 4.25. The molecule has 0 radical (unpaired) electrons. The van der Waals surface area contributed by atoms with E-state index in [2.05, 4.69) is 6.07 Å². The first kappa shape index (κ1) is 11.7. The van der Waals surface area contributed by atoms with Crippen molar-refractivity contribution in [1.82, 2.24) is 4.90 Å². The fraction of sp³-hybridized carbons (Fsp3) is 0.538. The lowest BCUT2D eigenvalue weighted by atomic mass is 10.0. The van der Waals surface area contributed by atoms with Crippen molar-refractivity contribution in [2.75, 3.05) is 6.54 Å². The van der Waals surface area contributed by atoms with E-state index in [0.717, 1.165) is 19.3 Å². The van der Waals surface area contributed by atoms with Crippen LogP contribution in [0.25, 0.3) is 0 Å². The number of hydrogen-bond donors (Lipinski definition) is 0. The van der Waals surface area contributed by atoms with Gasteiger partial charge < -0.3 is 9.32 Å². The number of aryl methyl sites for hydroxylation is 1. The first-order valence-electron chi connectivity index (χ1n) is 6.05. The molecule has 1 amide bonds. The van der Waals surface area contributed by atoms with E-state index in [1.807, 2.05) is 6.92 Å². The Hall–Kier alpha value is -1.76. The minimum atomic E-state index is -0.282. The van der Waals surface area contributed by atoms with E-state index in [4.69, 9.17) is 9.68 Å². The number of rotatable bonds is 2. The number of likely N-dealkylation sites (tertiary alicyclic amines) is 1. The van der Waals surface area contributed by atoms with Crippen molar-refractivity contribution in [3.05, 3.63) is 23.7 Å². The summed E-state index contributed by atoms with van der Waals surface area (Å²) < 4.78 is 5.26. The SMILES string of the molecule is CCc1occc1C(=O)N1CCCCC1C#N. The zero-order valence-electron chi connectivity index (χ0n) is 9.98. The molecule has 1 unspecified atom stereocenters. The second kappa shape index (κ2) is 5.05. The maximum Gasteiger partial charge on any atom is 0.258 e. The lowest BCUT2D eigenvalue weighted by Gasteiger charge is -2.31. The average Bonchev–Trinajstić information content (AvgIpc) is 2.86. The van der Waals surface area contributed by atoms with Gasteiger partial charge in [-0.25, -0.2) is 0 Å². The van der Waals surface area contributed by atoms with Crippen LogP contribution in [0.1, 0.15) is 42.3 Å². The third-order valence-corrected chi connectivity index (χ3v) is 3.21. The standard InChI is InChI=1S/C13H16N2O2/c1-2-12-11(6-8-17-12)13(16)15-7-4-3-5-10(15)9-14/h6,8,10H,2-5,7H2,1H3. The lowest BCUT2D eigenvalue weighted by molar-refractivity contribution is 0.0668. The molecule has 1 aromatic rings. The number of amides is 1. The van der Waals surface area contributed by atoms with Gasteiger partial charge in [-0.1, -0.05) is 6.92 Å². The molecule has 1 fully saturated rings. The molecule has 0 aromatic carbocycles. The minimum Gasteiger partial charge on any atom is -0.469 e. The van der Waals surface area contributed by atoms with E-state index >= 15 is 0 Å². The largest absolute Gasteiger partial charge is 0.469 e. The van der Waals surface area contributed by atoms with Crippen molar-refractivity contribution in [3.8, 4) is 6.07 Å². The third-order valence-electron chi connectivity index (χ3n) is 3.21. The van der Waals surface area contributed by atoms with Crippen LogP contribution in [0.3, 0.4) is 0 Å². The minimum absolute atomic E-state index is 0.0677. The van der Waals surface area contributed by atoms with Crippen molar-refractivity contribution >= 4 is 5.91 Å². The first-order valence-corrected chi connectivity index (χ1v) is 6.05. The number of carbonyl (C=O) groups is 1. The fourth-order valence-electron chi connectivity index (χ4n) is 2.27. The highest BCUT2D eigenvalue weighted by molar-refractivity contribution is 5.95. The summed E-state index contributed by atoms with van der Waals surface area (Å²) in [6.07, 6.45) is 5.01. The summed E-state index contributed by atoms with van der Waals surface area (Å²) in [5.41, 5.74) is 0.606. The van der Waals surface area contributed by atoms with Crippen LogP contribution in [-0.4, -0.2) is 23.4 Å². The highest BCUT2D eigenvalue weighted by Crippen LogP contribution is 2.21. The van der Waals surface area contributed by atoms with Gasteiger partial charge in [0.2, 0.25) is 0 Å². The second-order valence-corrected chi connectivity index (χ2v) is 4.25. The summed E-state index contributed by atoms with van der Waals surface area (Å²) in [6.45, 7) is 2.62. The normalized spacial score (nSPS) is 20.0. The first-order chi connectivity index (χ1) is 8.27. The number of hydrogen-bond acceptors (Lipinski definition) is 3. The number of furan rings is 1. The van der Waals surface area contributed by atoms with Gasteiger partial charge in [-0.3, -0.25) is 4.79 Å². The molecule has 1 atom stereocenters. The molecule has 0 N–H and O–H groups in total. The Morgan fingerprint density at radius 1 is 1.65 bits per heavy atom. The maximum atomic E-state index is 12.3. The molecule has 1 saturated heterocycles. The summed E-state index contributed by atoms with van der Waals surface area (Å²) >= 11 is 0. The predicted octanol–water partition coefficient (Wildman–Crippen LogP) is 2.36.